The molecule has 0 spiro atoms. The Kier molecular flexibility index (Phi) is 8.10. The van der Waals surface area contributed by atoms with Crippen molar-refractivity contribution < 1.29 is 4.74 Å². The summed E-state index contributed by atoms with van der Waals surface area (Å²) in [4.78, 5) is 0. The molecule has 2 saturated heterocycles. The Bertz CT molecular complexity index is 658. The molecule has 2 radical (unpaired) electrons. The molecular formula is C26H45N3OSn. The third kappa shape index (κ3) is 5.53. The average Bonchev–Trinajstić information content (AvgIpc) is 3.06. The molecule has 5 rings (SSSR count). The van der Waals surface area contributed by atoms with Gasteiger partial charge in [-0.3, -0.25) is 0 Å². The van der Waals surface area contributed by atoms with Crippen molar-refractivity contribution in [3.8, 4) is 0 Å². The summed E-state index contributed by atoms with van der Waals surface area (Å²) >= 11 is -0.824. The summed E-state index contributed by atoms with van der Waals surface area (Å²) < 4.78 is 10.9. The van der Waals surface area contributed by atoms with Gasteiger partial charge in [0.1, 0.15) is 0 Å². The minimum absolute atomic E-state index is 0.0548. The van der Waals surface area contributed by atoms with Crippen molar-refractivity contribution >= 4 is 24.9 Å². The Hall–Kier alpha value is -0.101. The summed E-state index contributed by atoms with van der Waals surface area (Å²) in [5, 5.41) is 9.60. The summed E-state index contributed by atoms with van der Waals surface area (Å²) in [6.45, 7) is 10.3. The zero-order chi connectivity index (χ0) is 21.9. The molecule has 1 aromatic heterocycles. The van der Waals surface area contributed by atoms with Gasteiger partial charge in [0.15, 0.2) is 0 Å². The van der Waals surface area contributed by atoms with Gasteiger partial charge in [0.2, 0.25) is 0 Å². The first-order valence-electron chi connectivity index (χ1n) is 13.4. The number of hydrogen-bond donors (Lipinski definition) is 0. The summed E-state index contributed by atoms with van der Waals surface area (Å²) in [5.74, 6) is 1.80. The van der Waals surface area contributed by atoms with Gasteiger partial charge in [0.05, 0.1) is 0 Å². The standard InChI is InChI=1S/C13H18N3O.C13H27.Sn/c1-9-7-14-15-16(9)8-13-5-10-2-11(6-13)4-12(3-10)17-13;1-4-7-10-13(11-8-5-2)12-9-6-3;/h10-12H,2-6,8H2,1H3;4-12H2,1-3H3;. The fourth-order valence-corrected chi connectivity index (χ4v) is 12.1. The third-order valence-corrected chi connectivity index (χ3v) is 14.1. The van der Waals surface area contributed by atoms with Crippen LogP contribution in [0.15, 0.2) is 0 Å². The van der Waals surface area contributed by atoms with E-state index in [1.165, 1.54) is 99.3 Å². The van der Waals surface area contributed by atoms with E-state index in [1.54, 1.807) is 0 Å². The molecule has 0 N–H and O–H groups in total. The van der Waals surface area contributed by atoms with E-state index in [4.69, 9.17) is 15.0 Å². The predicted octanol–water partition coefficient (Wildman–Crippen LogP) is 5.99. The van der Waals surface area contributed by atoms with Crippen molar-refractivity contribution in [2.24, 2.45) is 11.8 Å². The first-order chi connectivity index (χ1) is 15.0. The van der Waals surface area contributed by atoms with Gasteiger partial charge in [0.25, 0.3) is 0 Å². The van der Waals surface area contributed by atoms with Crippen molar-refractivity contribution in [1.29, 1.82) is 0 Å². The summed E-state index contributed by atoms with van der Waals surface area (Å²) in [6, 6.07) is 0. The van der Waals surface area contributed by atoms with E-state index in [0.29, 0.717) is 9.53 Å². The van der Waals surface area contributed by atoms with Gasteiger partial charge in [-0.2, -0.15) is 0 Å². The monoisotopic (exact) mass is 535 g/mol. The van der Waals surface area contributed by atoms with Crippen LogP contribution in [0.2, 0.25) is 3.43 Å². The van der Waals surface area contributed by atoms with Crippen molar-refractivity contribution in [2.75, 3.05) is 0 Å². The van der Waals surface area contributed by atoms with Gasteiger partial charge in [0, 0.05) is 0 Å². The van der Waals surface area contributed by atoms with Crippen LogP contribution >= 0.6 is 0 Å². The number of aromatic nitrogens is 3. The van der Waals surface area contributed by atoms with Gasteiger partial charge in [-0.15, -0.1) is 0 Å². The molecule has 2 atom stereocenters. The molecule has 3 heterocycles. The van der Waals surface area contributed by atoms with Gasteiger partial charge in [-0.25, -0.2) is 0 Å². The van der Waals surface area contributed by atoms with Crippen LogP contribution in [0.1, 0.15) is 116 Å². The van der Waals surface area contributed by atoms with Crippen LogP contribution in [-0.4, -0.2) is 47.8 Å². The average molecular weight is 534 g/mol. The van der Waals surface area contributed by atoms with Crippen LogP contribution in [0.4, 0.5) is 0 Å². The van der Waals surface area contributed by atoms with Crippen LogP contribution in [-0.2, 0) is 11.3 Å². The third-order valence-electron chi connectivity index (χ3n) is 8.43. The Morgan fingerprint density at radius 3 is 2.06 bits per heavy atom. The van der Waals surface area contributed by atoms with Crippen LogP contribution in [0.3, 0.4) is 0 Å². The summed E-state index contributed by atoms with van der Waals surface area (Å²) in [5.41, 5.74) is 1.43. The van der Waals surface area contributed by atoms with Crippen LogP contribution in [0, 0.1) is 18.8 Å². The van der Waals surface area contributed by atoms with Gasteiger partial charge >= 0.3 is 201 Å². The quantitative estimate of drug-likeness (QED) is 0.292. The molecule has 2 aliphatic carbocycles. The summed E-state index contributed by atoms with van der Waals surface area (Å²) in [6.07, 6.45) is 19.4. The second kappa shape index (κ2) is 10.4. The van der Waals surface area contributed by atoms with E-state index in [0.717, 1.165) is 18.4 Å². The molecular weight excluding hydrogens is 489 g/mol. The first kappa shape index (κ1) is 24.0. The molecule has 31 heavy (non-hydrogen) atoms. The Morgan fingerprint density at radius 2 is 1.55 bits per heavy atom. The number of unbranched alkanes of at least 4 members (excludes halogenated alkanes) is 3. The molecule has 1 aromatic rings. The van der Waals surface area contributed by atoms with Gasteiger partial charge in [-0.1, -0.05) is 0 Å². The fourth-order valence-electron chi connectivity index (χ4n) is 6.94. The molecule has 2 unspecified atom stereocenters. The van der Waals surface area contributed by atoms with Crippen molar-refractivity contribution in [3.63, 3.8) is 0 Å². The number of ether oxygens (including phenoxy) is 1. The molecule has 174 valence electrons. The van der Waals surface area contributed by atoms with E-state index in [2.05, 4.69) is 32.4 Å². The zero-order valence-corrected chi connectivity index (χ0v) is 23.4. The molecule has 2 aliphatic heterocycles. The predicted molar refractivity (Wildman–Crippen MR) is 129 cm³/mol. The maximum absolute atomic E-state index is 6.66. The SMILES string of the molecule is CCCC[C](CCCC)(CCCC)[Sn][c]1nnn(CC23CC4CC(CC(C4)O2)C3)c1C. The van der Waals surface area contributed by atoms with E-state index >= 15 is 0 Å². The molecule has 5 heteroatoms. The second-order valence-corrected chi connectivity index (χ2v) is 16.3. The minimum atomic E-state index is -0.824. The van der Waals surface area contributed by atoms with Crippen molar-refractivity contribution in [3.05, 3.63) is 5.69 Å². The van der Waals surface area contributed by atoms with Gasteiger partial charge < -0.3 is 0 Å². The van der Waals surface area contributed by atoms with Crippen LogP contribution in [0.5, 0.6) is 0 Å². The Balaban J connectivity index is 1.50. The molecule has 4 bridgehead atoms. The number of nitrogens with zero attached hydrogens (tertiary/aromatic N) is 3. The first-order valence-corrected chi connectivity index (χ1v) is 16.2. The fraction of sp³-hybridized carbons (Fsp3) is 0.923. The van der Waals surface area contributed by atoms with Gasteiger partial charge in [-0.05, 0) is 0 Å². The van der Waals surface area contributed by atoms with Crippen molar-refractivity contribution in [2.45, 2.75) is 139 Å². The topological polar surface area (TPSA) is 39.9 Å². The van der Waals surface area contributed by atoms with E-state index in [1.807, 2.05) is 0 Å². The number of hydrogen-bond acceptors (Lipinski definition) is 3. The molecule has 0 aromatic carbocycles. The Morgan fingerprint density at radius 1 is 0.968 bits per heavy atom. The number of rotatable bonds is 13. The zero-order valence-electron chi connectivity index (χ0n) is 20.6. The molecule has 4 nitrogen and oxygen atoms in total. The second-order valence-electron chi connectivity index (χ2n) is 11.2. The Labute approximate surface area is 200 Å². The molecule has 4 aliphatic rings. The van der Waals surface area contributed by atoms with Crippen LogP contribution in [0.25, 0.3) is 0 Å². The van der Waals surface area contributed by atoms with Crippen LogP contribution < -0.4 is 3.71 Å². The normalized spacial score (nSPS) is 29.7. The van der Waals surface area contributed by atoms with Crippen molar-refractivity contribution in [1.82, 2.24) is 15.0 Å². The van der Waals surface area contributed by atoms with E-state index < -0.39 is 21.1 Å². The molecule has 4 fully saturated rings. The van der Waals surface area contributed by atoms with E-state index in [9.17, 15) is 0 Å². The maximum atomic E-state index is 6.66. The molecule has 0 amide bonds. The summed E-state index contributed by atoms with van der Waals surface area (Å²) in [7, 11) is 0. The van der Waals surface area contributed by atoms with E-state index in [-0.39, 0.29) is 5.60 Å². The molecule has 2 saturated carbocycles.